The monoisotopic (exact) mass is 311 g/mol. The van der Waals surface area contributed by atoms with Crippen LogP contribution >= 0.6 is 0 Å². The van der Waals surface area contributed by atoms with Crippen molar-refractivity contribution in [3.63, 3.8) is 0 Å². The smallest absolute Gasteiger partial charge is 0.306 e. The van der Waals surface area contributed by atoms with E-state index in [1.54, 1.807) is 0 Å². The molecule has 1 saturated heterocycles. The molecule has 0 bridgehead atoms. The number of carbonyl (C=O) groups excluding carboxylic acids is 1. The fourth-order valence-corrected chi connectivity index (χ4v) is 4.07. The molecule has 1 aliphatic heterocycles. The molecule has 2 unspecified atom stereocenters. The van der Waals surface area contributed by atoms with Crippen LogP contribution in [0.3, 0.4) is 0 Å². The standard InChI is InChI=1S/C17H29NO4/c1-3-22-11-9-17(7-4-5-8-17)16(21)18-10-6-14(15(19)20)13(2)12-18/h13-14H,3-12H2,1-2H3,(H,19,20). The SMILES string of the molecule is CCOCCC1(C(=O)N2CCC(C(=O)O)C(C)C2)CCCC1. The minimum Gasteiger partial charge on any atom is -0.481 e. The lowest BCUT2D eigenvalue weighted by Crippen LogP contribution is -2.50. The Labute approximate surface area is 133 Å². The number of hydrogen-bond acceptors (Lipinski definition) is 3. The number of carbonyl (C=O) groups is 2. The molecule has 1 heterocycles. The van der Waals surface area contributed by atoms with E-state index >= 15 is 0 Å². The summed E-state index contributed by atoms with van der Waals surface area (Å²) < 4.78 is 5.48. The van der Waals surface area contributed by atoms with Crippen LogP contribution in [0.25, 0.3) is 0 Å². The molecule has 2 fully saturated rings. The van der Waals surface area contributed by atoms with Crippen LogP contribution in [0.4, 0.5) is 0 Å². The van der Waals surface area contributed by atoms with Crippen LogP contribution in [-0.2, 0) is 14.3 Å². The third kappa shape index (κ3) is 3.62. The van der Waals surface area contributed by atoms with Crippen molar-refractivity contribution in [2.24, 2.45) is 17.3 Å². The van der Waals surface area contributed by atoms with Crippen LogP contribution in [0.5, 0.6) is 0 Å². The molecule has 1 aliphatic carbocycles. The second-order valence-electron chi connectivity index (χ2n) is 6.90. The normalized spacial score (nSPS) is 27.8. The quantitative estimate of drug-likeness (QED) is 0.766. The first-order valence-corrected chi connectivity index (χ1v) is 8.60. The molecular formula is C17H29NO4. The second kappa shape index (κ2) is 7.44. The maximum Gasteiger partial charge on any atom is 0.306 e. The zero-order valence-electron chi connectivity index (χ0n) is 13.8. The van der Waals surface area contributed by atoms with Crippen LogP contribution in [0.15, 0.2) is 0 Å². The highest BCUT2D eigenvalue weighted by Gasteiger charge is 2.45. The van der Waals surface area contributed by atoms with Gasteiger partial charge in [0.1, 0.15) is 0 Å². The minimum absolute atomic E-state index is 0.0283. The fourth-order valence-electron chi connectivity index (χ4n) is 4.07. The summed E-state index contributed by atoms with van der Waals surface area (Å²) in [6.07, 6.45) is 5.49. The summed E-state index contributed by atoms with van der Waals surface area (Å²) in [5.41, 5.74) is -0.259. The van der Waals surface area contributed by atoms with Crippen LogP contribution in [-0.4, -0.2) is 48.2 Å². The maximum atomic E-state index is 13.1. The van der Waals surface area contributed by atoms with Gasteiger partial charge in [-0.05, 0) is 38.5 Å². The number of ether oxygens (including phenoxy) is 1. The van der Waals surface area contributed by atoms with Crippen molar-refractivity contribution in [1.29, 1.82) is 0 Å². The maximum absolute atomic E-state index is 13.1. The van der Waals surface area contributed by atoms with Gasteiger partial charge < -0.3 is 14.7 Å². The van der Waals surface area contributed by atoms with Crippen LogP contribution in [0.2, 0.25) is 0 Å². The van der Waals surface area contributed by atoms with Crippen LogP contribution in [0, 0.1) is 17.3 Å². The van der Waals surface area contributed by atoms with Gasteiger partial charge in [0.05, 0.1) is 11.3 Å². The summed E-state index contributed by atoms with van der Waals surface area (Å²) in [4.78, 5) is 26.2. The molecule has 126 valence electrons. The van der Waals surface area contributed by atoms with Crippen molar-refractivity contribution in [2.75, 3.05) is 26.3 Å². The van der Waals surface area contributed by atoms with E-state index in [1.165, 1.54) is 0 Å². The molecule has 0 aromatic heterocycles. The minimum atomic E-state index is -0.730. The third-order valence-electron chi connectivity index (χ3n) is 5.45. The predicted octanol–water partition coefficient (Wildman–Crippen LogP) is 2.54. The van der Waals surface area contributed by atoms with Gasteiger partial charge in [-0.1, -0.05) is 19.8 Å². The summed E-state index contributed by atoms with van der Waals surface area (Å²) in [5.74, 6) is -0.778. The molecule has 2 aliphatic rings. The molecule has 2 rings (SSSR count). The van der Waals surface area contributed by atoms with E-state index in [0.717, 1.165) is 32.1 Å². The van der Waals surface area contributed by atoms with Gasteiger partial charge in [-0.25, -0.2) is 0 Å². The predicted molar refractivity (Wildman–Crippen MR) is 83.5 cm³/mol. The molecule has 1 saturated carbocycles. The molecule has 1 N–H and O–H groups in total. The molecule has 0 radical (unpaired) electrons. The average molecular weight is 311 g/mol. The van der Waals surface area contributed by atoms with Crippen molar-refractivity contribution in [2.45, 2.75) is 52.4 Å². The molecule has 2 atom stereocenters. The lowest BCUT2D eigenvalue weighted by molar-refractivity contribution is -0.152. The molecular weight excluding hydrogens is 282 g/mol. The largest absolute Gasteiger partial charge is 0.481 e. The lowest BCUT2D eigenvalue weighted by Gasteiger charge is -2.40. The number of aliphatic carboxylic acids is 1. The Morgan fingerprint density at radius 1 is 1.32 bits per heavy atom. The number of likely N-dealkylation sites (tertiary alicyclic amines) is 1. The number of rotatable bonds is 6. The topological polar surface area (TPSA) is 66.8 Å². The van der Waals surface area contributed by atoms with Gasteiger partial charge in [0.25, 0.3) is 0 Å². The Bertz CT molecular complexity index is 403. The Morgan fingerprint density at radius 2 is 2.00 bits per heavy atom. The van der Waals surface area contributed by atoms with Crippen molar-refractivity contribution < 1.29 is 19.4 Å². The molecule has 5 nitrogen and oxygen atoms in total. The summed E-state index contributed by atoms with van der Waals surface area (Å²) in [7, 11) is 0. The van der Waals surface area contributed by atoms with E-state index in [4.69, 9.17) is 4.74 Å². The first kappa shape index (κ1) is 17.3. The molecule has 0 aromatic rings. The molecule has 22 heavy (non-hydrogen) atoms. The van der Waals surface area contributed by atoms with Crippen LogP contribution < -0.4 is 0 Å². The van der Waals surface area contributed by atoms with Crippen LogP contribution in [0.1, 0.15) is 52.4 Å². The first-order chi connectivity index (χ1) is 10.5. The van der Waals surface area contributed by atoms with Gasteiger partial charge in [-0.15, -0.1) is 0 Å². The average Bonchev–Trinajstić information content (AvgIpc) is 2.96. The summed E-state index contributed by atoms with van der Waals surface area (Å²) in [5, 5.41) is 9.22. The van der Waals surface area contributed by atoms with Gasteiger partial charge in [0.15, 0.2) is 0 Å². The van der Waals surface area contributed by atoms with E-state index in [9.17, 15) is 14.7 Å². The highest BCUT2D eigenvalue weighted by atomic mass is 16.5. The van der Waals surface area contributed by atoms with Crippen molar-refractivity contribution in [3.8, 4) is 0 Å². The number of carboxylic acid groups (broad SMARTS) is 1. The molecule has 0 aromatic carbocycles. The first-order valence-electron chi connectivity index (χ1n) is 8.60. The summed E-state index contributed by atoms with van der Waals surface area (Å²) in [6.45, 7) is 6.40. The number of carboxylic acids is 1. The highest BCUT2D eigenvalue weighted by molar-refractivity contribution is 5.83. The van der Waals surface area contributed by atoms with Gasteiger partial charge in [-0.3, -0.25) is 9.59 Å². The molecule has 1 amide bonds. The van der Waals surface area contributed by atoms with E-state index in [0.29, 0.717) is 32.7 Å². The fraction of sp³-hybridized carbons (Fsp3) is 0.882. The van der Waals surface area contributed by atoms with E-state index in [-0.39, 0.29) is 23.2 Å². The van der Waals surface area contributed by atoms with Crippen molar-refractivity contribution in [3.05, 3.63) is 0 Å². The van der Waals surface area contributed by atoms with Gasteiger partial charge in [0, 0.05) is 26.3 Å². The Hall–Kier alpha value is -1.10. The molecule has 0 spiro atoms. The molecule has 5 heteroatoms. The van der Waals surface area contributed by atoms with E-state index < -0.39 is 5.97 Å². The number of hydrogen-bond donors (Lipinski definition) is 1. The summed E-state index contributed by atoms with van der Waals surface area (Å²) >= 11 is 0. The van der Waals surface area contributed by atoms with E-state index in [1.807, 2.05) is 18.7 Å². The Balaban J connectivity index is 2.00. The number of amides is 1. The Kier molecular flexibility index (Phi) is 5.84. The van der Waals surface area contributed by atoms with Gasteiger partial charge in [-0.2, -0.15) is 0 Å². The zero-order chi connectivity index (χ0) is 16.2. The third-order valence-corrected chi connectivity index (χ3v) is 5.45. The van der Waals surface area contributed by atoms with E-state index in [2.05, 4.69) is 0 Å². The Morgan fingerprint density at radius 3 is 2.55 bits per heavy atom. The summed E-state index contributed by atoms with van der Waals surface area (Å²) in [6, 6.07) is 0. The van der Waals surface area contributed by atoms with Crippen molar-refractivity contribution in [1.82, 2.24) is 4.90 Å². The van der Waals surface area contributed by atoms with Crippen molar-refractivity contribution >= 4 is 11.9 Å². The van der Waals surface area contributed by atoms with Gasteiger partial charge >= 0.3 is 5.97 Å². The number of piperidine rings is 1. The zero-order valence-corrected chi connectivity index (χ0v) is 13.8. The second-order valence-corrected chi connectivity index (χ2v) is 6.90. The highest BCUT2D eigenvalue weighted by Crippen LogP contribution is 2.43. The van der Waals surface area contributed by atoms with Gasteiger partial charge in [0.2, 0.25) is 5.91 Å². The lowest BCUT2D eigenvalue weighted by atomic mass is 9.79. The number of nitrogens with zero attached hydrogens (tertiary/aromatic N) is 1.